The van der Waals surface area contributed by atoms with Gasteiger partial charge in [0.05, 0.1) is 33.0 Å². The van der Waals surface area contributed by atoms with Crippen molar-refractivity contribution in [3.8, 4) is 0 Å². The van der Waals surface area contributed by atoms with Crippen LogP contribution in [-0.4, -0.2) is 75.6 Å². The molecule has 23 heavy (non-hydrogen) atoms. The number of carbonyl (C=O) groups is 2. The standard InChI is InChI=1S/C14H28N2O7/c1-14(2,3)23-13(19)16-5-8-20-7-4-15-12(18)22-11-10-21-9-6-17/h17H,4-11H2,1-3H3,(H,15,18)(H,16,19). The number of aliphatic hydroxyl groups excluding tert-OH is 1. The number of alkyl carbamates (subject to hydrolysis) is 2. The maximum Gasteiger partial charge on any atom is 0.407 e. The average Bonchev–Trinajstić information content (AvgIpc) is 2.44. The van der Waals surface area contributed by atoms with E-state index in [0.29, 0.717) is 26.3 Å². The van der Waals surface area contributed by atoms with Gasteiger partial charge in [-0.2, -0.15) is 0 Å². The Morgan fingerprint density at radius 1 is 0.870 bits per heavy atom. The number of carbonyl (C=O) groups excluding carboxylic acids is 2. The van der Waals surface area contributed by atoms with Gasteiger partial charge in [0.15, 0.2) is 0 Å². The van der Waals surface area contributed by atoms with Crippen LogP contribution in [0.5, 0.6) is 0 Å². The predicted molar refractivity (Wildman–Crippen MR) is 82.3 cm³/mol. The number of aliphatic hydroxyl groups is 1. The molecule has 0 aliphatic carbocycles. The van der Waals surface area contributed by atoms with Gasteiger partial charge in [0.2, 0.25) is 0 Å². The zero-order valence-electron chi connectivity index (χ0n) is 14.1. The first-order valence-electron chi connectivity index (χ1n) is 7.49. The van der Waals surface area contributed by atoms with Gasteiger partial charge >= 0.3 is 12.2 Å². The molecule has 136 valence electrons. The summed E-state index contributed by atoms with van der Waals surface area (Å²) in [5.74, 6) is 0. The Labute approximate surface area is 136 Å². The molecule has 0 atom stereocenters. The molecule has 9 nitrogen and oxygen atoms in total. The summed E-state index contributed by atoms with van der Waals surface area (Å²) >= 11 is 0. The Kier molecular flexibility index (Phi) is 12.0. The Hall–Kier alpha value is -1.58. The molecule has 2 amide bonds. The van der Waals surface area contributed by atoms with Crippen molar-refractivity contribution in [3.05, 3.63) is 0 Å². The zero-order chi connectivity index (χ0) is 17.6. The summed E-state index contributed by atoms with van der Waals surface area (Å²) in [6.45, 7) is 7.09. The lowest BCUT2D eigenvalue weighted by molar-refractivity contribution is 0.0495. The lowest BCUT2D eigenvalue weighted by atomic mass is 10.2. The van der Waals surface area contributed by atoms with E-state index in [0.717, 1.165) is 0 Å². The van der Waals surface area contributed by atoms with Crippen LogP contribution in [-0.2, 0) is 18.9 Å². The van der Waals surface area contributed by atoms with E-state index in [-0.39, 0.29) is 26.4 Å². The highest BCUT2D eigenvalue weighted by molar-refractivity contribution is 5.67. The third-order valence-electron chi connectivity index (χ3n) is 2.13. The van der Waals surface area contributed by atoms with Crippen molar-refractivity contribution in [2.75, 3.05) is 52.7 Å². The monoisotopic (exact) mass is 336 g/mol. The van der Waals surface area contributed by atoms with Gasteiger partial charge in [-0.1, -0.05) is 0 Å². The van der Waals surface area contributed by atoms with Crippen LogP contribution in [0.3, 0.4) is 0 Å². The van der Waals surface area contributed by atoms with Gasteiger partial charge in [-0.15, -0.1) is 0 Å². The highest BCUT2D eigenvalue weighted by atomic mass is 16.6. The van der Waals surface area contributed by atoms with Crippen LogP contribution in [0.4, 0.5) is 9.59 Å². The molecule has 0 saturated heterocycles. The molecule has 0 aliphatic heterocycles. The van der Waals surface area contributed by atoms with Crippen LogP contribution in [0, 0.1) is 0 Å². The summed E-state index contributed by atoms with van der Waals surface area (Å²) in [5, 5.41) is 13.5. The summed E-state index contributed by atoms with van der Waals surface area (Å²) < 4.78 is 20.0. The van der Waals surface area contributed by atoms with Gasteiger partial charge in [-0.3, -0.25) is 0 Å². The fraction of sp³-hybridized carbons (Fsp3) is 0.857. The minimum Gasteiger partial charge on any atom is -0.447 e. The zero-order valence-corrected chi connectivity index (χ0v) is 14.1. The molecule has 0 bridgehead atoms. The van der Waals surface area contributed by atoms with Crippen LogP contribution in [0.15, 0.2) is 0 Å². The topological polar surface area (TPSA) is 115 Å². The number of amides is 2. The average molecular weight is 336 g/mol. The first-order valence-corrected chi connectivity index (χ1v) is 7.49. The first kappa shape index (κ1) is 21.4. The Balaban J connectivity index is 3.35. The quantitative estimate of drug-likeness (QED) is 0.464. The second kappa shape index (κ2) is 12.9. The summed E-state index contributed by atoms with van der Waals surface area (Å²) in [4.78, 5) is 22.5. The van der Waals surface area contributed by atoms with E-state index in [1.54, 1.807) is 20.8 Å². The Morgan fingerprint density at radius 2 is 1.43 bits per heavy atom. The number of hydrogen-bond donors (Lipinski definition) is 3. The summed E-state index contributed by atoms with van der Waals surface area (Å²) in [5.41, 5.74) is -0.529. The van der Waals surface area contributed by atoms with Crippen molar-refractivity contribution in [1.82, 2.24) is 10.6 Å². The molecular formula is C14H28N2O7. The second-order valence-electron chi connectivity index (χ2n) is 5.44. The number of nitrogens with one attached hydrogen (secondary N) is 2. The highest BCUT2D eigenvalue weighted by Gasteiger charge is 2.15. The lowest BCUT2D eigenvalue weighted by Gasteiger charge is -2.19. The van der Waals surface area contributed by atoms with Crippen LogP contribution < -0.4 is 10.6 Å². The summed E-state index contributed by atoms with van der Waals surface area (Å²) in [7, 11) is 0. The molecule has 0 rings (SSSR count). The fourth-order valence-electron chi connectivity index (χ4n) is 1.28. The largest absolute Gasteiger partial charge is 0.447 e. The molecule has 0 spiro atoms. The maximum absolute atomic E-state index is 11.3. The van der Waals surface area contributed by atoms with Gasteiger partial charge < -0.3 is 34.7 Å². The molecule has 0 aromatic rings. The van der Waals surface area contributed by atoms with Crippen molar-refractivity contribution >= 4 is 12.2 Å². The molecule has 0 aliphatic rings. The molecule has 0 aromatic heterocycles. The lowest BCUT2D eigenvalue weighted by Crippen LogP contribution is -2.34. The third kappa shape index (κ3) is 16.6. The van der Waals surface area contributed by atoms with Gasteiger partial charge in [0.1, 0.15) is 12.2 Å². The first-order chi connectivity index (χ1) is 10.8. The second-order valence-corrected chi connectivity index (χ2v) is 5.44. The third-order valence-corrected chi connectivity index (χ3v) is 2.13. The van der Waals surface area contributed by atoms with Gasteiger partial charge in [0, 0.05) is 13.1 Å². The molecule has 0 saturated carbocycles. The maximum atomic E-state index is 11.3. The van der Waals surface area contributed by atoms with E-state index in [2.05, 4.69) is 10.6 Å². The Morgan fingerprint density at radius 3 is 2.00 bits per heavy atom. The fourth-order valence-corrected chi connectivity index (χ4v) is 1.28. The van der Waals surface area contributed by atoms with Crippen molar-refractivity contribution < 1.29 is 33.6 Å². The van der Waals surface area contributed by atoms with Crippen molar-refractivity contribution in [3.63, 3.8) is 0 Å². The van der Waals surface area contributed by atoms with E-state index in [1.165, 1.54) is 0 Å². The van der Waals surface area contributed by atoms with E-state index >= 15 is 0 Å². The molecule has 0 fully saturated rings. The smallest absolute Gasteiger partial charge is 0.407 e. The number of ether oxygens (including phenoxy) is 4. The van der Waals surface area contributed by atoms with Crippen molar-refractivity contribution in [2.24, 2.45) is 0 Å². The molecule has 3 N–H and O–H groups in total. The van der Waals surface area contributed by atoms with E-state index < -0.39 is 17.8 Å². The van der Waals surface area contributed by atoms with E-state index in [4.69, 9.17) is 24.1 Å². The van der Waals surface area contributed by atoms with Crippen LogP contribution in [0.2, 0.25) is 0 Å². The van der Waals surface area contributed by atoms with Gasteiger partial charge in [-0.25, -0.2) is 9.59 Å². The van der Waals surface area contributed by atoms with Gasteiger partial charge in [-0.05, 0) is 20.8 Å². The molecule has 9 heteroatoms. The molecular weight excluding hydrogens is 308 g/mol. The van der Waals surface area contributed by atoms with Crippen LogP contribution >= 0.6 is 0 Å². The van der Waals surface area contributed by atoms with Crippen molar-refractivity contribution in [1.29, 1.82) is 0 Å². The normalized spacial score (nSPS) is 11.0. The summed E-state index contributed by atoms with van der Waals surface area (Å²) in [6, 6.07) is 0. The number of rotatable bonds is 11. The summed E-state index contributed by atoms with van der Waals surface area (Å²) in [6.07, 6.45) is -1.06. The highest BCUT2D eigenvalue weighted by Crippen LogP contribution is 2.05. The molecule has 0 radical (unpaired) electrons. The van der Waals surface area contributed by atoms with Crippen molar-refractivity contribution in [2.45, 2.75) is 26.4 Å². The minimum atomic E-state index is -0.562. The van der Waals surface area contributed by atoms with E-state index in [9.17, 15) is 9.59 Å². The van der Waals surface area contributed by atoms with Crippen LogP contribution in [0.1, 0.15) is 20.8 Å². The van der Waals surface area contributed by atoms with E-state index in [1.807, 2.05) is 0 Å². The Bertz CT molecular complexity index is 332. The molecule has 0 heterocycles. The SMILES string of the molecule is CC(C)(C)OC(=O)NCCOCCNC(=O)OCCOCCO. The molecule has 0 unspecified atom stereocenters. The van der Waals surface area contributed by atoms with Crippen LogP contribution in [0.25, 0.3) is 0 Å². The predicted octanol–water partition coefficient (Wildman–Crippen LogP) is 0.263. The minimum absolute atomic E-state index is 0.0632. The number of hydrogen-bond acceptors (Lipinski definition) is 7. The van der Waals surface area contributed by atoms with Gasteiger partial charge in [0.25, 0.3) is 0 Å². The molecule has 0 aromatic carbocycles.